The zero-order valence-electron chi connectivity index (χ0n) is 60.9. The van der Waals surface area contributed by atoms with Gasteiger partial charge in [-0.05, 0) is 57.8 Å². The predicted molar refractivity (Wildman–Crippen MR) is 384 cm³/mol. The number of nitrogens with one attached hydrogen (secondary N) is 2. The predicted octanol–water partition coefficient (Wildman–Crippen LogP) is 19.7. The molecule has 0 aliphatic rings. The van der Waals surface area contributed by atoms with E-state index in [0.29, 0.717) is 44.9 Å². The van der Waals surface area contributed by atoms with Gasteiger partial charge in [0.05, 0.1) is 36.8 Å². The van der Waals surface area contributed by atoms with Gasteiger partial charge in [-0.2, -0.15) is 0 Å². The Labute approximate surface area is 544 Å². The van der Waals surface area contributed by atoms with Crippen molar-refractivity contribution in [3.8, 4) is 0 Å². The largest absolute Gasteiger partial charge is 0.460 e. The molecule has 0 saturated heterocycles. The first-order valence-corrected chi connectivity index (χ1v) is 42.8. The second kappa shape index (κ2) is 71.2. The van der Waals surface area contributed by atoms with Gasteiger partial charge in [-0.1, -0.05) is 317 Å². The number of rotatable bonds is 69. The minimum absolute atomic E-state index is 0.00887. The van der Waals surface area contributed by atoms with Crippen LogP contribution in [-0.4, -0.2) is 97.3 Å². The van der Waals surface area contributed by atoms with E-state index in [2.05, 4.69) is 45.3 Å². The first-order valence-electron chi connectivity index (χ1n) is 38.8. The van der Waals surface area contributed by atoms with Gasteiger partial charge >= 0.3 is 5.97 Å². The van der Waals surface area contributed by atoms with E-state index in [-0.39, 0.29) is 43.1 Å². The monoisotopic (exact) mass is 1270 g/mol. The van der Waals surface area contributed by atoms with Gasteiger partial charge in [-0.15, -0.1) is 17.5 Å². The van der Waals surface area contributed by atoms with Gasteiger partial charge < -0.3 is 29.3 Å². The lowest BCUT2D eigenvalue weighted by Gasteiger charge is -2.24. The molecule has 0 aromatic rings. The van der Waals surface area contributed by atoms with Crippen LogP contribution >= 0.6 is 17.5 Å². The first-order chi connectivity index (χ1) is 43.1. The number of aliphatic hydroxyl groups excluding tert-OH is 1. The zero-order chi connectivity index (χ0) is 66.0. The highest BCUT2D eigenvalue weighted by Crippen LogP contribution is 2.20. The van der Waals surface area contributed by atoms with E-state index in [1.54, 1.807) is 0 Å². The average molecular weight is 1270 g/mol. The average Bonchev–Trinajstić information content (AvgIpc) is 3.73. The highest BCUT2D eigenvalue weighted by molar-refractivity contribution is 7.71. The van der Waals surface area contributed by atoms with E-state index in [4.69, 9.17) is 33.5 Å². The van der Waals surface area contributed by atoms with Crippen LogP contribution in [0.25, 0.3) is 0 Å². The summed E-state index contributed by atoms with van der Waals surface area (Å²) in [5, 5.41) is 16.8. The van der Waals surface area contributed by atoms with Gasteiger partial charge in [0, 0.05) is 33.8 Å². The molecule has 0 aromatic carbocycles. The fraction of sp³-hybridized carbons (Fsp3) is 0.957. The number of esters is 1. The Balaban J connectivity index is 0. The molecule has 9 nitrogen and oxygen atoms in total. The van der Waals surface area contributed by atoms with Crippen molar-refractivity contribution in [2.45, 2.75) is 418 Å². The summed E-state index contributed by atoms with van der Waals surface area (Å²) in [5.41, 5.74) is 0. The number of unbranched alkanes of at least 4 members (excludes halogenated alkanes) is 42. The molecule has 6 unspecified atom stereocenters. The number of ether oxygens (including phenoxy) is 1. The Morgan fingerprint density at radius 1 is 0.400 bits per heavy atom. The van der Waals surface area contributed by atoms with Crippen LogP contribution < -0.4 is 10.6 Å². The van der Waals surface area contributed by atoms with Crippen molar-refractivity contribution in [3.05, 3.63) is 0 Å². The van der Waals surface area contributed by atoms with Crippen molar-refractivity contribution in [1.29, 1.82) is 5.03 Å². The summed E-state index contributed by atoms with van der Waals surface area (Å²) in [4.78, 5) is 38.5. The molecular formula is C70H144B2N2O7P2Si2. The molecule has 15 heteroatoms. The van der Waals surface area contributed by atoms with Crippen molar-refractivity contribution in [1.82, 2.24) is 10.6 Å². The summed E-state index contributed by atoms with van der Waals surface area (Å²) in [5.74, 6) is 0.0286. The second-order valence-corrected chi connectivity index (χ2v) is 30.5. The van der Waals surface area contributed by atoms with Gasteiger partial charge in [-0.25, -0.2) is 0 Å². The Morgan fingerprint density at radius 2 is 0.671 bits per heavy atom. The van der Waals surface area contributed by atoms with Gasteiger partial charge in [0.25, 0.3) is 0 Å². The molecule has 85 heavy (non-hydrogen) atoms. The van der Waals surface area contributed by atoms with E-state index >= 15 is 0 Å². The fourth-order valence-corrected chi connectivity index (χ4v) is 12.6. The summed E-state index contributed by atoms with van der Waals surface area (Å²) in [6.45, 7) is 11.3. The molecule has 4 radical (unpaired) electrons. The minimum Gasteiger partial charge on any atom is -0.460 e. The van der Waals surface area contributed by atoms with E-state index < -0.39 is 46.7 Å². The van der Waals surface area contributed by atoms with E-state index in [1.807, 2.05) is 0 Å². The van der Waals surface area contributed by atoms with Crippen LogP contribution in [0.3, 0.4) is 0 Å². The van der Waals surface area contributed by atoms with Gasteiger partial charge in [0.2, 0.25) is 11.8 Å². The highest BCUT2D eigenvalue weighted by atomic mass is 31.3. The van der Waals surface area contributed by atoms with Crippen molar-refractivity contribution < 1.29 is 33.1 Å². The van der Waals surface area contributed by atoms with Crippen LogP contribution in [0, 0.1) is 0 Å². The number of carbonyl (C=O) groups is 3. The number of hydrogen-bond donors (Lipinski definition) is 3. The third kappa shape index (κ3) is 71.0. The Morgan fingerprint density at radius 3 is 0.988 bits per heavy atom. The molecule has 0 saturated carbocycles. The van der Waals surface area contributed by atoms with Crippen molar-refractivity contribution in [2.75, 3.05) is 13.2 Å². The maximum Gasteiger partial charge on any atom is 0.306 e. The van der Waals surface area contributed by atoms with Crippen LogP contribution in [0.15, 0.2) is 0 Å². The molecule has 2 amide bonds. The number of hydrogen-bond acceptors (Lipinski definition) is 7. The Hall–Kier alpha value is -0.286. The summed E-state index contributed by atoms with van der Waals surface area (Å²) in [6.07, 6.45) is 63.3. The zero-order valence-corrected chi connectivity index (χ0v) is 60.9. The maximum absolute atomic E-state index is 13.0. The smallest absolute Gasteiger partial charge is 0.306 e. The molecule has 8 atom stereocenters. The molecule has 0 rings (SSSR count). The Kier molecular flexibility index (Phi) is 66.1. The molecule has 0 bridgehead atoms. The topological polar surface area (TPSA) is 123 Å². The highest BCUT2D eigenvalue weighted by Gasteiger charge is 2.21. The van der Waals surface area contributed by atoms with Gasteiger partial charge in [0.1, 0.15) is 23.1 Å². The minimum atomic E-state index is -3.32. The molecule has 0 heterocycles. The second-order valence-electron chi connectivity index (χ2n) is 25.5. The van der Waals surface area contributed by atoms with Crippen LogP contribution in [-0.2, 0) is 28.0 Å². The summed E-state index contributed by atoms with van der Waals surface area (Å²) >= 11 is 0. The third-order valence-electron chi connectivity index (χ3n) is 16.9. The quantitative estimate of drug-likeness (QED) is 0.0240. The van der Waals surface area contributed by atoms with Crippen LogP contribution in [0.1, 0.15) is 394 Å². The van der Waals surface area contributed by atoms with E-state index in [0.717, 1.165) is 70.6 Å². The van der Waals surface area contributed by atoms with Crippen molar-refractivity contribution in [3.63, 3.8) is 0 Å². The lowest BCUT2D eigenvalue weighted by Crippen LogP contribution is -2.36. The van der Waals surface area contributed by atoms with Crippen molar-refractivity contribution in [2.24, 2.45) is 0 Å². The fourth-order valence-electron chi connectivity index (χ4n) is 11.4. The first kappa shape index (κ1) is 79.0. The van der Waals surface area contributed by atoms with Crippen molar-refractivity contribution >= 4 is 67.1 Å². The molecule has 0 aliphatic carbocycles. The molecule has 0 spiro atoms. The summed E-state index contributed by atoms with van der Waals surface area (Å²) in [6, 6.07) is 0.0945. The molecule has 3 N–H and O–H groups in total. The summed E-state index contributed by atoms with van der Waals surface area (Å²) < 4.78 is 47.7. The van der Waals surface area contributed by atoms with Crippen LogP contribution in [0.5, 0.6) is 0 Å². The number of aliphatic hydroxyl groups is 1. The lowest BCUT2D eigenvalue weighted by atomic mass is 10.00. The van der Waals surface area contributed by atoms with Crippen LogP contribution in [0.2, 0.25) is 0 Å². The molecule has 0 fully saturated rings. The third-order valence-corrected chi connectivity index (χ3v) is 18.7. The van der Waals surface area contributed by atoms with Crippen LogP contribution in [0.4, 0.5) is 0 Å². The molecular weight excluding hydrogens is 1120 g/mol. The van der Waals surface area contributed by atoms with E-state index in [9.17, 15) is 19.5 Å². The lowest BCUT2D eigenvalue weighted by molar-refractivity contribution is -0.151. The Bertz CT molecular complexity index is 1530. The molecule has 0 aromatic heterocycles. The van der Waals surface area contributed by atoms with E-state index in [1.165, 1.54) is 244 Å². The van der Waals surface area contributed by atoms with Gasteiger partial charge in [0.15, 0.2) is 0 Å². The maximum atomic E-state index is 13.0. The number of carbonyl (C=O) groups excluding carboxylic acids is 3. The SMILES string of the molecule is [2H][Si]([B])(OC[C@@H](O)CCC(CCCCCCCCC)NC(=O)CCCCCCCCCCCCC)P[3H].[2H][Si]([B])(OC[C@H](CCC(CCCCCCCCC)NC(=O)CCCCCCCCCCCCC)OC(=O)CCCCCCCCCCCCC)P[3H]. The summed E-state index contributed by atoms with van der Waals surface area (Å²) in [7, 11) is 4.10. The number of amides is 2. The molecule has 0 aliphatic heterocycles. The standard InChI is InChI=1S/C42H85BNO4PSi.C28H59BNO3PSi/c1-4-7-10-13-16-18-20-22-25-28-31-34-41(45)44-39(33-30-27-24-15-12-9-6-3)36-37-40(38-47-50(43)49)48-42(46)35-32-29-26-23-21-19-17-14-11-8-5-2;1-3-5-7-9-11-12-13-14-16-18-20-22-28(32)30-26(21-19-17-15-10-8-6-4-2)23-24-27(31)25-33-35(29)34/h39-40,50H,4-38,49H2,1-3H3,(H,44,45);26-27,31,35H,3-25,34H2,1-2H3,(H,30,32)/t39?,40-,50?;26?,27-,35?/m00/s1/i49T,50D;34T,35D/t39?,40-,49?,50?;26?,27-,34?,35?. The molecule has 500 valence electrons. The normalized spacial score (nSPS) is 15.3. The van der Waals surface area contributed by atoms with Gasteiger partial charge in [-0.3, -0.25) is 14.4 Å².